The molecule has 0 N–H and O–H groups in total. The topological polar surface area (TPSA) is 38.8 Å². The van der Waals surface area contributed by atoms with Crippen LogP contribution in [0.5, 0.6) is 11.5 Å². The number of ether oxygens (including phenoxy) is 2. The average Bonchev–Trinajstić information content (AvgIpc) is 2.76. The van der Waals surface area contributed by atoms with E-state index in [0.717, 1.165) is 11.1 Å². The van der Waals surface area contributed by atoms with Gasteiger partial charge in [0.25, 0.3) is 5.91 Å². The van der Waals surface area contributed by atoms with Crippen molar-refractivity contribution in [1.29, 1.82) is 0 Å². The van der Waals surface area contributed by atoms with Crippen LogP contribution in [0.25, 0.3) is 6.08 Å². The first-order valence-corrected chi connectivity index (χ1v) is 7.83. The molecule has 116 valence electrons. The van der Waals surface area contributed by atoms with Crippen LogP contribution in [0, 0.1) is 6.92 Å². The molecule has 22 heavy (non-hydrogen) atoms. The highest BCUT2D eigenvalue weighted by molar-refractivity contribution is 8.26. The lowest BCUT2D eigenvalue weighted by molar-refractivity contribution is -0.121. The maximum atomic E-state index is 12.3. The van der Waals surface area contributed by atoms with Crippen molar-refractivity contribution >= 4 is 40.3 Å². The van der Waals surface area contributed by atoms with Crippen LogP contribution in [0.1, 0.15) is 11.1 Å². The highest BCUT2D eigenvalue weighted by Gasteiger charge is 2.31. The van der Waals surface area contributed by atoms with E-state index in [9.17, 15) is 4.79 Å². The minimum Gasteiger partial charge on any atom is -0.493 e. The minimum atomic E-state index is -0.0934. The molecule has 1 saturated heterocycles. The van der Waals surface area contributed by atoms with Crippen LogP contribution >= 0.6 is 24.0 Å². The molecule has 0 radical (unpaired) electrons. The number of carbonyl (C=O) groups is 1. The smallest absolute Gasteiger partial charge is 0.266 e. The lowest BCUT2D eigenvalue weighted by Gasteiger charge is -2.11. The van der Waals surface area contributed by atoms with Crippen molar-refractivity contribution in [2.24, 2.45) is 0 Å². The molecule has 0 unspecified atom stereocenters. The summed E-state index contributed by atoms with van der Waals surface area (Å²) in [6.45, 7) is 6.03. The molecule has 1 heterocycles. The number of amides is 1. The lowest BCUT2D eigenvalue weighted by atomic mass is 10.1. The maximum absolute atomic E-state index is 12.3. The zero-order valence-corrected chi connectivity index (χ0v) is 14.3. The van der Waals surface area contributed by atoms with Gasteiger partial charge in [-0.05, 0) is 36.3 Å². The molecule has 1 aliphatic heterocycles. The van der Waals surface area contributed by atoms with Crippen LogP contribution in [0.4, 0.5) is 0 Å². The van der Waals surface area contributed by atoms with Gasteiger partial charge in [0.2, 0.25) is 0 Å². The second kappa shape index (κ2) is 6.98. The Bertz CT molecular complexity index is 668. The van der Waals surface area contributed by atoms with Gasteiger partial charge in [0, 0.05) is 6.54 Å². The van der Waals surface area contributed by atoms with Gasteiger partial charge in [-0.3, -0.25) is 9.69 Å². The standard InChI is InChI=1S/C16H17NO3S2/c1-5-6-17-15(18)14(22-16(17)21)9-11-8-13(20-4)12(19-3)7-10(11)2/h5,7-9H,1,6H2,2-4H3. The van der Waals surface area contributed by atoms with Gasteiger partial charge >= 0.3 is 0 Å². The molecule has 2 rings (SSSR count). The number of methoxy groups -OCH3 is 2. The summed E-state index contributed by atoms with van der Waals surface area (Å²) in [5, 5.41) is 0. The zero-order chi connectivity index (χ0) is 16.3. The summed E-state index contributed by atoms with van der Waals surface area (Å²) in [6.07, 6.45) is 3.50. The largest absolute Gasteiger partial charge is 0.493 e. The molecule has 0 aliphatic carbocycles. The lowest BCUT2D eigenvalue weighted by Crippen LogP contribution is -2.27. The number of hydrogen-bond donors (Lipinski definition) is 0. The van der Waals surface area contributed by atoms with Gasteiger partial charge in [-0.2, -0.15) is 0 Å². The third-order valence-corrected chi connectivity index (χ3v) is 4.62. The van der Waals surface area contributed by atoms with Crippen LogP contribution in [0.3, 0.4) is 0 Å². The van der Waals surface area contributed by atoms with Crippen LogP contribution < -0.4 is 9.47 Å². The van der Waals surface area contributed by atoms with E-state index >= 15 is 0 Å². The summed E-state index contributed by atoms with van der Waals surface area (Å²) in [4.78, 5) is 14.5. The summed E-state index contributed by atoms with van der Waals surface area (Å²) < 4.78 is 11.1. The minimum absolute atomic E-state index is 0.0934. The van der Waals surface area contributed by atoms with E-state index in [0.29, 0.717) is 27.3 Å². The molecule has 1 amide bonds. The Morgan fingerprint density at radius 1 is 1.32 bits per heavy atom. The summed E-state index contributed by atoms with van der Waals surface area (Å²) in [6, 6.07) is 3.74. The molecule has 1 aromatic rings. The number of rotatable bonds is 5. The first-order valence-electron chi connectivity index (χ1n) is 6.60. The third-order valence-electron chi connectivity index (χ3n) is 3.24. The van der Waals surface area contributed by atoms with E-state index in [1.807, 2.05) is 25.1 Å². The molecule has 1 aromatic carbocycles. The van der Waals surface area contributed by atoms with Crippen molar-refractivity contribution < 1.29 is 14.3 Å². The van der Waals surface area contributed by atoms with Gasteiger partial charge in [0.1, 0.15) is 4.32 Å². The summed E-state index contributed by atoms with van der Waals surface area (Å²) in [5.74, 6) is 1.20. The molecular formula is C16H17NO3S2. The Hall–Kier alpha value is -1.79. The molecule has 0 bridgehead atoms. The van der Waals surface area contributed by atoms with Crippen molar-refractivity contribution in [3.05, 3.63) is 40.8 Å². The van der Waals surface area contributed by atoms with Crippen LogP contribution in [0.2, 0.25) is 0 Å². The first-order chi connectivity index (χ1) is 10.5. The molecule has 0 spiro atoms. The second-order valence-corrected chi connectivity index (χ2v) is 6.32. The molecule has 4 nitrogen and oxygen atoms in total. The molecular weight excluding hydrogens is 318 g/mol. The Morgan fingerprint density at radius 2 is 1.95 bits per heavy atom. The Labute approximate surface area is 139 Å². The van der Waals surface area contributed by atoms with E-state index < -0.39 is 0 Å². The van der Waals surface area contributed by atoms with Crippen molar-refractivity contribution in [2.45, 2.75) is 6.92 Å². The predicted molar refractivity (Wildman–Crippen MR) is 94.4 cm³/mol. The highest BCUT2D eigenvalue weighted by Crippen LogP contribution is 2.35. The first kappa shape index (κ1) is 16.6. The molecule has 0 saturated carbocycles. The molecule has 6 heteroatoms. The summed E-state index contributed by atoms with van der Waals surface area (Å²) in [7, 11) is 3.18. The molecule has 0 atom stereocenters. The Balaban J connectivity index is 2.39. The molecule has 1 aliphatic rings. The summed E-state index contributed by atoms with van der Waals surface area (Å²) in [5.41, 5.74) is 1.89. The second-order valence-electron chi connectivity index (χ2n) is 4.64. The van der Waals surface area contributed by atoms with E-state index in [1.54, 1.807) is 20.3 Å². The van der Waals surface area contributed by atoms with E-state index in [4.69, 9.17) is 21.7 Å². The van der Waals surface area contributed by atoms with Crippen molar-refractivity contribution in [3.63, 3.8) is 0 Å². The zero-order valence-electron chi connectivity index (χ0n) is 12.7. The Kier molecular flexibility index (Phi) is 5.26. The van der Waals surface area contributed by atoms with E-state index in [-0.39, 0.29) is 5.91 Å². The predicted octanol–water partition coefficient (Wildman–Crippen LogP) is 3.40. The summed E-state index contributed by atoms with van der Waals surface area (Å²) >= 11 is 6.53. The average molecular weight is 335 g/mol. The van der Waals surface area contributed by atoms with Crippen molar-refractivity contribution in [3.8, 4) is 11.5 Å². The quantitative estimate of drug-likeness (QED) is 0.468. The van der Waals surface area contributed by atoms with Gasteiger partial charge < -0.3 is 9.47 Å². The molecule has 0 aromatic heterocycles. The van der Waals surface area contributed by atoms with E-state index in [2.05, 4.69) is 6.58 Å². The molecule has 1 fully saturated rings. The van der Waals surface area contributed by atoms with Crippen LogP contribution in [-0.4, -0.2) is 35.9 Å². The number of thioether (sulfide) groups is 1. The van der Waals surface area contributed by atoms with Crippen LogP contribution in [-0.2, 0) is 4.79 Å². The fraction of sp³-hybridized carbons (Fsp3) is 0.250. The number of carbonyl (C=O) groups excluding carboxylic acids is 1. The fourth-order valence-electron chi connectivity index (χ4n) is 2.08. The normalized spacial score (nSPS) is 16.3. The number of thiocarbonyl (C=S) groups is 1. The number of benzene rings is 1. The van der Waals surface area contributed by atoms with Gasteiger partial charge in [-0.1, -0.05) is 30.1 Å². The van der Waals surface area contributed by atoms with Crippen molar-refractivity contribution in [2.75, 3.05) is 20.8 Å². The van der Waals surface area contributed by atoms with E-state index in [1.165, 1.54) is 16.7 Å². The number of hydrogen-bond acceptors (Lipinski definition) is 5. The fourth-order valence-corrected chi connectivity index (χ4v) is 3.35. The number of aryl methyl sites for hydroxylation is 1. The van der Waals surface area contributed by atoms with Gasteiger partial charge in [-0.25, -0.2) is 0 Å². The SMILES string of the molecule is C=CCN1C(=O)C(=Cc2cc(OC)c(OC)cc2C)SC1=S. The monoisotopic (exact) mass is 335 g/mol. The Morgan fingerprint density at radius 3 is 2.55 bits per heavy atom. The van der Waals surface area contributed by atoms with Gasteiger partial charge in [-0.15, -0.1) is 6.58 Å². The third kappa shape index (κ3) is 3.18. The van der Waals surface area contributed by atoms with Gasteiger partial charge in [0.05, 0.1) is 19.1 Å². The highest BCUT2D eigenvalue weighted by atomic mass is 32.2. The van der Waals surface area contributed by atoms with Crippen LogP contribution in [0.15, 0.2) is 29.7 Å². The number of nitrogens with zero attached hydrogens (tertiary/aromatic N) is 1. The maximum Gasteiger partial charge on any atom is 0.266 e. The van der Waals surface area contributed by atoms with Crippen molar-refractivity contribution in [1.82, 2.24) is 4.90 Å². The van der Waals surface area contributed by atoms with Gasteiger partial charge in [0.15, 0.2) is 11.5 Å².